The van der Waals surface area contributed by atoms with Gasteiger partial charge in [0.1, 0.15) is 0 Å². The first kappa shape index (κ1) is 9.44. The number of benzene rings is 1. The van der Waals surface area contributed by atoms with Crippen LogP contribution in [-0.4, -0.2) is 13.4 Å². The summed E-state index contributed by atoms with van der Waals surface area (Å²) in [6, 6.07) is 10.2. The lowest BCUT2D eigenvalue weighted by Gasteiger charge is -2.25. The summed E-state index contributed by atoms with van der Waals surface area (Å²) in [6.07, 6.45) is 4.90. The minimum absolute atomic E-state index is 0.131. The molecule has 1 aliphatic heterocycles. The molecule has 2 heteroatoms. The van der Waals surface area contributed by atoms with Crippen LogP contribution in [0, 0.1) is 0 Å². The first-order valence-corrected chi connectivity index (χ1v) is 4.80. The summed E-state index contributed by atoms with van der Waals surface area (Å²) in [5.41, 5.74) is 1.21. The van der Waals surface area contributed by atoms with Gasteiger partial charge in [-0.25, -0.2) is 0 Å². The van der Waals surface area contributed by atoms with Gasteiger partial charge < -0.3 is 9.47 Å². The summed E-state index contributed by atoms with van der Waals surface area (Å²) >= 11 is 0. The summed E-state index contributed by atoms with van der Waals surface area (Å²) in [4.78, 5) is 0. The highest BCUT2D eigenvalue weighted by Crippen LogP contribution is 2.26. The normalized spacial score (nSPS) is 26.4. The molecular formula is C12H14O2. The fourth-order valence-corrected chi connectivity index (χ4v) is 1.59. The maximum absolute atomic E-state index is 5.71. The molecule has 0 spiro atoms. The molecule has 2 atom stereocenters. The lowest BCUT2D eigenvalue weighted by atomic mass is 10.1. The Balaban J connectivity index is 2.10. The monoisotopic (exact) mass is 190 g/mol. The van der Waals surface area contributed by atoms with Gasteiger partial charge in [0.15, 0.2) is 6.29 Å². The van der Waals surface area contributed by atoms with Gasteiger partial charge in [0.05, 0.1) is 6.10 Å². The summed E-state index contributed by atoms with van der Waals surface area (Å²) < 4.78 is 10.8. The van der Waals surface area contributed by atoms with Crippen LogP contribution in [-0.2, 0) is 9.47 Å². The number of hydrogen-bond acceptors (Lipinski definition) is 2. The number of methoxy groups -OCH3 is 1. The zero-order chi connectivity index (χ0) is 9.80. The Morgan fingerprint density at radius 1 is 1.29 bits per heavy atom. The maximum Gasteiger partial charge on any atom is 0.177 e. The Labute approximate surface area is 84.2 Å². The molecular weight excluding hydrogens is 176 g/mol. The molecule has 2 rings (SSSR count). The molecule has 0 fully saturated rings. The Bertz CT molecular complexity index is 305. The molecule has 1 aromatic rings. The summed E-state index contributed by atoms with van der Waals surface area (Å²) in [5.74, 6) is 0. The van der Waals surface area contributed by atoms with Crippen molar-refractivity contribution in [1.29, 1.82) is 0 Å². The quantitative estimate of drug-likeness (QED) is 0.667. The SMILES string of the molecule is COC1C=CC[C@H](c2ccccc2)O1. The lowest BCUT2D eigenvalue weighted by molar-refractivity contribution is -0.133. The Morgan fingerprint density at radius 3 is 2.79 bits per heavy atom. The summed E-state index contributed by atoms with van der Waals surface area (Å²) in [7, 11) is 1.66. The molecule has 74 valence electrons. The molecule has 0 amide bonds. The van der Waals surface area contributed by atoms with Gasteiger partial charge in [0.25, 0.3) is 0 Å². The van der Waals surface area contributed by atoms with Crippen LogP contribution in [0.15, 0.2) is 42.5 Å². The third kappa shape index (κ3) is 2.03. The van der Waals surface area contributed by atoms with E-state index in [2.05, 4.69) is 18.2 Å². The molecule has 0 aliphatic carbocycles. The van der Waals surface area contributed by atoms with Crippen LogP contribution in [0.3, 0.4) is 0 Å². The molecule has 0 saturated heterocycles. The van der Waals surface area contributed by atoms with E-state index in [9.17, 15) is 0 Å². The molecule has 1 aromatic carbocycles. The molecule has 14 heavy (non-hydrogen) atoms. The van der Waals surface area contributed by atoms with Crippen molar-refractivity contribution in [2.75, 3.05) is 7.11 Å². The van der Waals surface area contributed by atoms with Crippen LogP contribution in [0.5, 0.6) is 0 Å². The van der Waals surface area contributed by atoms with E-state index >= 15 is 0 Å². The van der Waals surface area contributed by atoms with Gasteiger partial charge in [-0.15, -0.1) is 0 Å². The smallest absolute Gasteiger partial charge is 0.177 e. The van der Waals surface area contributed by atoms with Gasteiger partial charge in [-0.3, -0.25) is 0 Å². The second-order valence-electron chi connectivity index (χ2n) is 3.30. The highest BCUT2D eigenvalue weighted by Gasteiger charge is 2.18. The van der Waals surface area contributed by atoms with Crippen molar-refractivity contribution in [2.45, 2.75) is 18.8 Å². The number of ether oxygens (including phenoxy) is 2. The van der Waals surface area contributed by atoms with Gasteiger partial charge in [-0.1, -0.05) is 36.4 Å². The topological polar surface area (TPSA) is 18.5 Å². The van der Waals surface area contributed by atoms with Crippen molar-refractivity contribution >= 4 is 0 Å². The second-order valence-corrected chi connectivity index (χ2v) is 3.30. The highest BCUT2D eigenvalue weighted by atomic mass is 16.7. The minimum atomic E-state index is -0.200. The predicted molar refractivity (Wildman–Crippen MR) is 54.8 cm³/mol. The molecule has 1 heterocycles. The van der Waals surface area contributed by atoms with Crippen molar-refractivity contribution in [3.63, 3.8) is 0 Å². The average Bonchev–Trinajstić information content (AvgIpc) is 2.30. The van der Waals surface area contributed by atoms with E-state index in [0.29, 0.717) is 0 Å². The van der Waals surface area contributed by atoms with Gasteiger partial charge >= 0.3 is 0 Å². The minimum Gasteiger partial charge on any atom is -0.352 e. The van der Waals surface area contributed by atoms with Gasteiger partial charge in [0, 0.05) is 7.11 Å². The standard InChI is InChI=1S/C12H14O2/c1-13-12-9-5-8-11(14-12)10-6-3-2-4-7-10/h2-7,9,11-12H,8H2,1H3/t11-,12?/m1/s1. The first-order chi connectivity index (χ1) is 6.90. The van der Waals surface area contributed by atoms with Crippen LogP contribution in [0.1, 0.15) is 18.1 Å². The fourth-order valence-electron chi connectivity index (χ4n) is 1.59. The highest BCUT2D eigenvalue weighted by molar-refractivity contribution is 5.19. The van der Waals surface area contributed by atoms with Crippen LogP contribution < -0.4 is 0 Å². The number of rotatable bonds is 2. The van der Waals surface area contributed by atoms with Gasteiger partial charge in [-0.05, 0) is 18.1 Å². The molecule has 0 bridgehead atoms. The van der Waals surface area contributed by atoms with Crippen LogP contribution >= 0.6 is 0 Å². The Kier molecular flexibility index (Phi) is 2.96. The third-order valence-electron chi connectivity index (χ3n) is 2.35. The van der Waals surface area contributed by atoms with E-state index in [1.54, 1.807) is 7.11 Å². The van der Waals surface area contributed by atoms with Crippen molar-refractivity contribution in [3.8, 4) is 0 Å². The van der Waals surface area contributed by atoms with Crippen LogP contribution in [0.25, 0.3) is 0 Å². The van der Waals surface area contributed by atoms with Crippen molar-refractivity contribution < 1.29 is 9.47 Å². The largest absolute Gasteiger partial charge is 0.352 e. The third-order valence-corrected chi connectivity index (χ3v) is 2.35. The summed E-state index contributed by atoms with van der Waals surface area (Å²) in [6.45, 7) is 0. The zero-order valence-corrected chi connectivity index (χ0v) is 8.22. The molecule has 0 saturated carbocycles. The van der Waals surface area contributed by atoms with Gasteiger partial charge in [0.2, 0.25) is 0 Å². The zero-order valence-electron chi connectivity index (χ0n) is 8.22. The Morgan fingerprint density at radius 2 is 2.07 bits per heavy atom. The maximum atomic E-state index is 5.71. The van der Waals surface area contributed by atoms with Crippen LogP contribution in [0.4, 0.5) is 0 Å². The van der Waals surface area contributed by atoms with Crippen molar-refractivity contribution in [2.24, 2.45) is 0 Å². The van der Waals surface area contributed by atoms with Gasteiger partial charge in [-0.2, -0.15) is 0 Å². The van der Waals surface area contributed by atoms with Crippen LogP contribution in [0.2, 0.25) is 0 Å². The van der Waals surface area contributed by atoms with E-state index in [0.717, 1.165) is 6.42 Å². The fraction of sp³-hybridized carbons (Fsp3) is 0.333. The number of hydrogen-bond donors (Lipinski definition) is 0. The first-order valence-electron chi connectivity index (χ1n) is 4.80. The van der Waals surface area contributed by atoms with E-state index in [1.165, 1.54) is 5.56 Å². The summed E-state index contributed by atoms with van der Waals surface area (Å²) in [5, 5.41) is 0. The second kappa shape index (κ2) is 4.40. The van der Waals surface area contributed by atoms with E-state index in [-0.39, 0.29) is 12.4 Å². The molecule has 2 nitrogen and oxygen atoms in total. The van der Waals surface area contributed by atoms with E-state index < -0.39 is 0 Å². The van der Waals surface area contributed by atoms with Crippen molar-refractivity contribution in [3.05, 3.63) is 48.0 Å². The van der Waals surface area contributed by atoms with Crippen molar-refractivity contribution in [1.82, 2.24) is 0 Å². The average molecular weight is 190 g/mol. The molecule has 0 aromatic heterocycles. The predicted octanol–water partition coefficient (Wildman–Crippen LogP) is 2.68. The Hall–Kier alpha value is -1.12. The molecule has 1 unspecified atom stereocenters. The lowest BCUT2D eigenvalue weighted by Crippen LogP contribution is -2.19. The molecule has 1 aliphatic rings. The van der Waals surface area contributed by atoms with E-state index in [1.807, 2.05) is 24.3 Å². The van der Waals surface area contributed by atoms with E-state index in [4.69, 9.17) is 9.47 Å². The molecule has 0 N–H and O–H groups in total. The molecule has 0 radical (unpaired) electrons.